The lowest BCUT2D eigenvalue weighted by molar-refractivity contribution is 0.995. The van der Waals surface area contributed by atoms with Crippen molar-refractivity contribution in [3.63, 3.8) is 0 Å². The molecule has 4 nitrogen and oxygen atoms in total. The smallest absolute Gasteiger partial charge is 0.200 e. The third-order valence-electron chi connectivity index (χ3n) is 1.94. The van der Waals surface area contributed by atoms with E-state index in [0.717, 1.165) is 0 Å². The topological polar surface area (TPSA) is 87.9 Å². The van der Waals surface area contributed by atoms with E-state index in [9.17, 15) is 0 Å². The number of hydrogen-bond acceptors (Lipinski definition) is 2. The third kappa shape index (κ3) is 2.34. The van der Waals surface area contributed by atoms with Crippen LogP contribution in [0, 0.1) is 5.41 Å². The summed E-state index contributed by atoms with van der Waals surface area (Å²) in [6, 6.07) is 0. The molecule has 0 amide bonds. The Morgan fingerprint density at radius 2 is 2.00 bits per heavy atom. The molecule has 0 aromatic heterocycles. The van der Waals surface area contributed by atoms with Crippen molar-refractivity contribution in [1.82, 2.24) is 5.43 Å². The van der Waals surface area contributed by atoms with Crippen molar-refractivity contribution in [3.05, 3.63) is 47.1 Å². The van der Waals surface area contributed by atoms with Gasteiger partial charge < -0.3 is 5.73 Å². The molecule has 2 aliphatic rings. The van der Waals surface area contributed by atoms with Crippen molar-refractivity contribution in [2.45, 2.75) is 6.92 Å². The summed E-state index contributed by atoms with van der Waals surface area (Å²) in [6.45, 7) is 2.14. The first kappa shape index (κ1) is 10.3. The Balaban J connectivity index is 0.000000171. The Morgan fingerprint density at radius 1 is 1.36 bits per heavy atom. The third-order valence-corrected chi connectivity index (χ3v) is 1.94. The van der Waals surface area contributed by atoms with E-state index in [1.807, 2.05) is 5.43 Å². The fourth-order valence-electron chi connectivity index (χ4n) is 1.24. The second kappa shape index (κ2) is 4.43. The highest BCUT2D eigenvalue weighted by atomic mass is 15.3. The van der Waals surface area contributed by atoms with Crippen LogP contribution in [-0.2, 0) is 0 Å². The highest BCUT2D eigenvalue weighted by molar-refractivity contribution is 5.73. The molecule has 0 aromatic rings. The number of hydrogen-bond donors (Lipinski definition) is 4. The predicted octanol–water partition coefficient (Wildman–Crippen LogP) is 0.712. The van der Waals surface area contributed by atoms with Gasteiger partial charge in [-0.1, -0.05) is 30.4 Å². The molecular weight excluding hydrogens is 176 g/mol. The van der Waals surface area contributed by atoms with Gasteiger partial charge in [-0.3, -0.25) is 10.8 Å². The molecule has 0 spiro atoms. The molecule has 6 N–H and O–H groups in total. The molecule has 0 saturated carbocycles. The molecule has 0 heterocycles. The maximum atomic E-state index is 6.28. The number of nitrogens with one attached hydrogen (secondary N) is 2. The van der Waals surface area contributed by atoms with Gasteiger partial charge in [0.2, 0.25) is 0 Å². The van der Waals surface area contributed by atoms with Gasteiger partial charge in [0.25, 0.3) is 0 Å². The van der Waals surface area contributed by atoms with Crippen LogP contribution in [0.15, 0.2) is 47.1 Å². The Bertz CT molecular complexity index is 358. The number of guanidine groups is 1. The van der Waals surface area contributed by atoms with Crippen LogP contribution >= 0.6 is 0 Å². The highest BCUT2D eigenvalue weighted by Gasteiger charge is 2.10. The van der Waals surface area contributed by atoms with E-state index < -0.39 is 0 Å². The summed E-state index contributed by atoms with van der Waals surface area (Å²) in [5.41, 5.74) is 10.7. The SMILES string of the molecule is CC1=CC=C2C=CC=C12.N=C(N)NN. The quantitative estimate of drug-likeness (QED) is 0.196. The summed E-state index contributed by atoms with van der Waals surface area (Å²) >= 11 is 0. The number of fused-ring (bicyclic) bond motifs is 1. The van der Waals surface area contributed by atoms with Gasteiger partial charge in [-0.05, 0) is 23.6 Å². The molecule has 0 bridgehead atoms. The van der Waals surface area contributed by atoms with Gasteiger partial charge in [0.1, 0.15) is 0 Å². The zero-order chi connectivity index (χ0) is 10.6. The molecule has 2 aliphatic carbocycles. The Kier molecular flexibility index (Phi) is 3.25. The van der Waals surface area contributed by atoms with Crippen LogP contribution in [0.2, 0.25) is 0 Å². The average Bonchev–Trinajstić information content (AvgIpc) is 2.72. The monoisotopic (exact) mass is 190 g/mol. The van der Waals surface area contributed by atoms with Crippen LogP contribution in [0.25, 0.3) is 0 Å². The lowest BCUT2D eigenvalue weighted by Crippen LogP contribution is -2.35. The van der Waals surface area contributed by atoms with E-state index in [-0.39, 0.29) is 5.96 Å². The summed E-state index contributed by atoms with van der Waals surface area (Å²) in [6.07, 6.45) is 10.7. The van der Waals surface area contributed by atoms with Gasteiger partial charge in [0.05, 0.1) is 0 Å². The zero-order valence-corrected chi connectivity index (χ0v) is 8.04. The van der Waals surface area contributed by atoms with Gasteiger partial charge in [-0.15, -0.1) is 0 Å². The van der Waals surface area contributed by atoms with E-state index in [2.05, 4.69) is 48.9 Å². The first-order chi connectivity index (χ1) is 6.65. The van der Waals surface area contributed by atoms with Gasteiger partial charge in [-0.25, -0.2) is 5.84 Å². The highest BCUT2D eigenvalue weighted by Crippen LogP contribution is 2.29. The van der Waals surface area contributed by atoms with Crippen molar-refractivity contribution in [2.75, 3.05) is 0 Å². The molecule has 2 rings (SSSR count). The summed E-state index contributed by atoms with van der Waals surface area (Å²) in [5, 5.41) is 6.28. The summed E-state index contributed by atoms with van der Waals surface area (Å²) in [5.74, 6) is 4.35. The van der Waals surface area contributed by atoms with Crippen molar-refractivity contribution >= 4 is 5.96 Å². The molecule has 4 heteroatoms. The van der Waals surface area contributed by atoms with Crippen molar-refractivity contribution in [2.24, 2.45) is 11.6 Å². The first-order valence-electron chi connectivity index (χ1n) is 4.23. The minimum atomic E-state index is -0.218. The van der Waals surface area contributed by atoms with E-state index in [0.29, 0.717) is 0 Å². The largest absolute Gasteiger partial charge is 0.369 e. The van der Waals surface area contributed by atoms with Gasteiger partial charge in [0.15, 0.2) is 5.96 Å². The number of rotatable bonds is 0. The van der Waals surface area contributed by atoms with E-state index in [1.54, 1.807) is 0 Å². The van der Waals surface area contributed by atoms with E-state index >= 15 is 0 Å². The molecule has 0 atom stereocenters. The minimum Gasteiger partial charge on any atom is -0.369 e. The van der Waals surface area contributed by atoms with E-state index in [1.165, 1.54) is 16.7 Å². The second-order valence-corrected chi connectivity index (χ2v) is 2.97. The van der Waals surface area contributed by atoms with Crippen LogP contribution in [0.3, 0.4) is 0 Å². The fourth-order valence-corrected chi connectivity index (χ4v) is 1.24. The zero-order valence-electron chi connectivity index (χ0n) is 8.04. The molecule has 0 aliphatic heterocycles. The minimum absolute atomic E-state index is 0.218. The summed E-state index contributed by atoms with van der Waals surface area (Å²) in [4.78, 5) is 0. The number of hydrazine groups is 1. The standard InChI is InChI=1S/C9H8.CH6N4/c1-7-5-6-8-3-2-4-9(7)8;2-1(3)5-4/h2-6H,1H3;4H2,(H4,2,3,5). The Labute approximate surface area is 83.1 Å². The second-order valence-electron chi connectivity index (χ2n) is 2.97. The lowest BCUT2D eigenvalue weighted by Gasteiger charge is -1.94. The van der Waals surface area contributed by atoms with Crippen molar-refractivity contribution in [3.8, 4) is 0 Å². The van der Waals surface area contributed by atoms with Crippen LogP contribution in [0.4, 0.5) is 0 Å². The molecular formula is C10H14N4. The molecule has 0 aromatic carbocycles. The van der Waals surface area contributed by atoms with E-state index in [4.69, 9.17) is 5.41 Å². The fraction of sp³-hybridized carbons (Fsp3) is 0.100. The van der Waals surface area contributed by atoms with Gasteiger partial charge >= 0.3 is 0 Å². The van der Waals surface area contributed by atoms with Crippen LogP contribution in [-0.4, -0.2) is 5.96 Å². The average molecular weight is 190 g/mol. The maximum Gasteiger partial charge on any atom is 0.200 e. The first-order valence-corrected chi connectivity index (χ1v) is 4.23. The molecule has 0 saturated heterocycles. The van der Waals surface area contributed by atoms with Crippen molar-refractivity contribution in [1.29, 1.82) is 5.41 Å². The van der Waals surface area contributed by atoms with Gasteiger partial charge in [-0.2, -0.15) is 0 Å². The van der Waals surface area contributed by atoms with Gasteiger partial charge in [0, 0.05) is 0 Å². The number of allylic oxidation sites excluding steroid dienone is 8. The summed E-state index contributed by atoms with van der Waals surface area (Å²) < 4.78 is 0. The predicted molar refractivity (Wildman–Crippen MR) is 58.3 cm³/mol. The molecule has 0 radical (unpaired) electrons. The Morgan fingerprint density at radius 3 is 2.50 bits per heavy atom. The summed E-state index contributed by atoms with van der Waals surface area (Å²) in [7, 11) is 0. The van der Waals surface area contributed by atoms with Crippen LogP contribution in [0.5, 0.6) is 0 Å². The molecule has 14 heavy (non-hydrogen) atoms. The number of nitrogens with two attached hydrogens (primary N) is 2. The van der Waals surface area contributed by atoms with Crippen molar-refractivity contribution < 1.29 is 0 Å². The Hall–Kier alpha value is -1.81. The molecule has 0 fully saturated rings. The molecule has 74 valence electrons. The van der Waals surface area contributed by atoms with Crippen LogP contribution < -0.4 is 17.0 Å². The lowest BCUT2D eigenvalue weighted by atomic mass is 10.1. The van der Waals surface area contributed by atoms with Crippen LogP contribution in [0.1, 0.15) is 6.92 Å². The molecule has 0 unspecified atom stereocenters. The maximum absolute atomic E-state index is 6.28. The normalized spacial score (nSPS) is 16.0.